The van der Waals surface area contributed by atoms with E-state index in [0.717, 1.165) is 24.2 Å². The van der Waals surface area contributed by atoms with Gasteiger partial charge in [0.15, 0.2) is 0 Å². The van der Waals surface area contributed by atoms with Crippen molar-refractivity contribution in [1.29, 1.82) is 0 Å². The Hall–Kier alpha value is -0.480. The summed E-state index contributed by atoms with van der Waals surface area (Å²) in [4.78, 5) is 10.3. The van der Waals surface area contributed by atoms with E-state index in [0.29, 0.717) is 5.28 Å². The minimum absolute atomic E-state index is 0.329. The second kappa shape index (κ2) is 4.36. The summed E-state index contributed by atoms with van der Waals surface area (Å²) in [5.74, 6) is 0.946. The molecule has 1 fully saturated rings. The first-order chi connectivity index (χ1) is 6.79. The van der Waals surface area contributed by atoms with Crippen LogP contribution in [0.4, 0.5) is 5.82 Å². The lowest BCUT2D eigenvalue weighted by molar-refractivity contribution is 0.928. The third-order valence-electron chi connectivity index (χ3n) is 2.41. The highest BCUT2D eigenvalue weighted by Crippen LogP contribution is 2.24. The Morgan fingerprint density at radius 3 is 3.14 bits per heavy atom. The first-order valence-corrected chi connectivity index (χ1v) is 6.22. The summed E-state index contributed by atoms with van der Waals surface area (Å²) in [5, 5.41) is 1.05. The molecule has 0 radical (unpaired) electrons. The first-order valence-electron chi connectivity index (χ1n) is 4.56. The quantitative estimate of drug-likeness (QED) is 0.727. The van der Waals surface area contributed by atoms with Gasteiger partial charge in [-0.05, 0) is 30.3 Å². The van der Waals surface area contributed by atoms with Crippen molar-refractivity contribution in [3.05, 3.63) is 17.5 Å². The van der Waals surface area contributed by atoms with Crippen LogP contribution in [0, 0.1) is 0 Å². The van der Waals surface area contributed by atoms with Crippen molar-refractivity contribution in [2.45, 2.75) is 11.7 Å². The summed E-state index contributed by atoms with van der Waals surface area (Å²) in [5.41, 5.74) is 0. The number of aromatic nitrogens is 2. The number of hydrogen-bond acceptors (Lipinski definition) is 4. The maximum atomic E-state index is 5.74. The SMILES string of the molecule is CSC1CCN(c2ccnc(Cl)n2)C1. The van der Waals surface area contributed by atoms with Crippen molar-refractivity contribution < 1.29 is 0 Å². The zero-order valence-electron chi connectivity index (χ0n) is 7.98. The maximum Gasteiger partial charge on any atom is 0.224 e. The van der Waals surface area contributed by atoms with Crippen molar-refractivity contribution in [2.24, 2.45) is 0 Å². The minimum Gasteiger partial charge on any atom is -0.355 e. The molecule has 0 aliphatic carbocycles. The molecule has 0 spiro atoms. The molecule has 1 aromatic rings. The Morgan fingerprint density at radius 1 is 1.64 bits per heavy atom. The molecule has 1 atom stereocenters. The fraction of sp³-hybridized carbons (Fsp3) is 0.556. The van der Waals surface area contributed by atoms with Crippen molar-refractivity contribution in [3.63, 3.8) is 0 Å². The molecule has 0 saturated carbocycles. The summed E-state index contributed by atoms with van der Waals surface area (Å²) in [7, 11) is 0. The molecule has 3 nitrogen and oxygen atoms in total. The van der Waals surface area contributed by atoms with Gasteiger partial charge in [-0.25, -0.2) is 9.97 Å². The molecule has 2 rings (SSSR count). The Kier molecular flexibility index (Phi) is 3.13. The highest BCUT2D eigenvalue weighted by Gasteiger charge is 2.22. The van der Waals surface area contributed by atoms with E-state index in [-0.39, 0.29) is 0 Å². The molecule has 1 aliphatic heterocycles. The molecule has 2 heterocycles. The van der Waals surface area contributed by atoms with Crippen LogP contribution in [0.1, 0.15) is 6.42 Å². The van der Waals surface area contributed by atoms with Gasteiger partial charge in [0.2, 0.25) is 5.28 Å². The zero-order valence-corrected chi connectivity index (χ0v) is 9.55. The van der Waals surface area contributed by atoms with Gasteiger partial charge in [0.1, 0.15) is 5.82 Å². The Morgan fingerprint density at radius 2 is 2.50 bits per heavy atom. The lowest BCUT2D eigenvalue weighted by Gasteiger charge is -2.16. The first kappa shape index (κ1) is 10.1. The zero-order chi connectivity index (χ0) is 9.97. The van der Waals surface area contributed by atoms with E-state index in [1.54, 1.807) is 6.20 Å². The predicted molar refractivity (Wildman–Crippen MR) is 61.2 cm³/mol. The van der Waals surface area contributed by atoms with E-state index in [1.807, 2.05) is 17.8 Å². The molecule has 1 saturated heterocycles. The summed E-state index contributed by atoms with van der Waals surface area (Å²) in [6.45, 7) is 2.13. The van der Waals surface area contributed by atoms with E-state index in [4.69, 9.17) is 11.6 Å². The largest absolute Gasteiger partial charge is 0.355 e. The van der Waals surface area contributed by atoms with E-state index >= 15 is 0 Å². The van der Waals surface area contributed by atoms with Crippen molar-refractivity contribution >= 4 is 29.2 Å². The average molecular weight is 230 g/mol. The molecule has 1 aromatic heterocycles. The number of anilines is 1. The van der Waals surface area contributed by atoms with Crippen LogP contribution < -0.4 is 4.90 Å². The third-order valence-corrected chi connectivity index (χ3v) is 3.65. The molecule has 14 heavy (non-hydrogen) atoms. The topological polar surface area (TPSA) is 29.0 Å². The fourth-order valence-corrected chi connectivity index (χ4v) is 2.44. The van der Waals surface area contributed by atoms with Crippen LogP contribution in [-0.4, -0.2) is 34.6 Å². The predicted octanol–water partition coefficient (Wildman–Crippen LogP) is 2.07. The van der Waals surface area contributed by atoms with Gasteiger partial charge in [-0.2, -0.15) is 11.8 Å². The monoisotopic (exact) mass is 229 g/mol. The van der Waals surface area contributed by atoms with E-state index in [9.17, 15) is 0 Å². The van der Waals surface area contributed by atoms with Crippen molar-refractivity contribution in [1.82, 2.24) is 9.97 Å². The van der Waals surface area contributed by atoms with Crippen LogP contribution in [0.15, 0.2) is 12.3 Å². The van der Waals surface area contributed by atoms with Crippen molar-refractivity contribution in [3.8, 4) is 0 Å². The van der Waals surface area contributed by atoms with Gasteiger partial charge in [-0.1, -0.05) is 0 Å². The second-order valence-corrected chi connectivity index (χ2v) is 4.75. The lowest BCUT2D eigenvalue weighted by Crippen LogP contribution is -2.21. The summed E-state index contributed by atoms with van der Waals surface area (Å²) < 4.78 is 0. The van der Waals surface area contributed by atoms with Gasteiger partial charge >= 0.3 is 0 Å². The van der Waals surface area contributed by atoms with Gasteiger partial charge in [0.05, 0.1) is 0 Å². The van der Waals surface area contributed by atoms with E-state index in [2.05, 4.69) is 21.1 Å². The molecule has 1 aliphatic rings. The molecule has 5 heteroatoms. The smallest absolute Gasteiger partial charge is 0.224 e. The van der Waals surface area contributed by atoms with Crippen LogP contribution in [-0.2, 0) is 0 Å². The highest BCUT2D eigenvalue weighted by atomic mass is 35.5. The minimum atomic E-state index is 0.329. The normalized spacial score (nSPS) is 21.6. The molecular formula is C9H12ClN3S. The van der Waals surface area contributed by atoms with Crippen molar-refractivity contribution in [2.75, 3.05) is 24.2 Å². The molecule has 0 N–H and O–H groups in total. The van der Waals surface area contributed by atoms with Gasteiger partial charge in [-0.15, -0.1) is 0 Å². The molecular weight excluding hydrogens is 218 g/mol. The third kappa shape index (κ3) is 2.12. The lowest BCUT2D eigenvalue weighted by atomic mass is 10.4. The summed E-state index contributed by atoms with van der Waals surface area (Å²) in [6, 6.07) is 1.91. The van der Waals surface area contributed by atoms with E-state index in [1.165, 1.54) is 6.42 Å². The number of rotatable bonds is 2. The van der Waals surface area contributed by atoms with Crippen LogP contribution in [0.3, 0.4) is 0 Å². The molecule has 0 aromatic carbocycles. The van der Waals surface area contributed by atoms with Crippen LogP contribution in [0.25, 0.3) is 0 Å². The van der Waals surface area contributed by atoms with Gasteiger partial charge < -0.3 is 4.90 Å². The maximum absolute atomic E-state index is 5.74. The number of hydrogen-bond donors (Lipinski definition) is 0. The molecule has 76 valence electrons. The Balaban J connectivity index is 2.09. The van der Waals surface area contributed by atoms with Crippen LogP contribution in [0.5, 0.6) is 0 Å². The van der Waals surface area contributed by atoms with E-state index < -0.39 is 0 Å². The van der Waals surface area contributed by atoms with Crippen LogP contribution >= 0.6 is 23.4 Å². The second-order valence-electron chi connectivity index (χ2n) is 3.28. The molecule has 1 unspecified atom stereocenters. The average Bonchev–Trinajstić information content (AvgIpc) is 2.66. The number of halogens is 1. The number of thioether (sulfide) groups is 1. The Labute approximate surface area is 92.9 Å². The molecule has 0 amide bonds. The summed E-state index contributed by atoms with van der Waals surface area (Å²) >= 11 is 7.66. The van der Waals surface area contributed by atoms with Gasteiger partial charge in [0, 0.05) is 24.5 Å². The van der Waals surface area contributed by atoms with Gasteiger partial charge in [-0.3, -0.25) is 0 Å². The highest BCUT2D eigenvalue weighted by molar-refractivity contribution is 7.99. The van der Waals surface area contributed by atoms with Gasteiger partial charge in [0.25, 0.3) is 0 Å². The Bertz CT molecular complexity index is 321. The fourth-order valence-electron chi connectivity index (χ4n) is 1.63. The number of nitrogens with zero attached hydrogens (tertiary/aromatic N) is 3. The van der Waals surface area contributed by atoms with Crippen LogP contribution in [0.2, 0.25) is 5.28 Å². The standard InChI is InChI=1S/C9H12ClN3S/c1-14-7-3-5-13(6-7)8-2-4-11-9(10)12-8/h2,4,7H,3,5-6H2,1H3. The summed E-state index contributed by atoms with van der Waals surface area (Å²) in [6.07, 6.45) is 5.08. The molecule has 0 bridgehead atoms.